The summed E-state index contributed by atoms with van der Waals surface area (Å²) in [6.45, 7) is 4.14. The molecule has 2 aromatic rings. The lowest BCUT2D eigenvalue weighted by Crippen LogP contribution is -2.14. The number of pyridine rings is 1. The topological polar surface area (TPSA) is 60.4 Å². The van der Waals surface area contributed by atoms with Crippen LogP contribution in [0.2, 0.25) is 0 Å². The number of carbonyl (C=O) groups is 1. The Morgan fingerprint density at radius 1 is 1.47 bits per heavy atom. The van der Waals surface area contributed by atoms with Crippen LogP contribution in [0.25, 0.3) is 5.52 Å². The van der Waals surface area contributed by atoms with Gasteiger partial charge in [-0.15, -0.1) is 0 Å². The highest BCUT2D eigenvalue weighted by molar-refractivity contribution is 5.92. The highest BCUT2D eigenvalue weighted by Gasteiger charge is 2.11. The molecule has 2 N–H and O–H groups in total. The second kappa shape index (κ2) is 3.38. The van der Waals surface area contributed by atoms with Gasteiger partial charge in [-0.25, -0.2) is 4.98 Å². The average molecular weight is 203 g/mol. The highest BCUT2D eigenvalue weighted by Crippen LogP contribution is 2.19. The first kappa shape index (κ1) is 9.71. The summed E-state index contributed by atoms with van der Waals surface area (Å²) in [4.78, 5) is 15.5. The van der Waals surface area contributed by atoms with Gasteiger partial charge in [0.2, 0.25) is 0 Å². The Balaban J connectivity index is 2.74. The molecule has 78 valence electrons. The van der Waals surface area contributed by atoms with Crippen LogP contribution in [-0.2, 0) is 0 Å². The standard InChI is InChI=1S/C11H13N3O/c1-7(2)10-8-4-3-5-9(11(12)15)14(8)6-13-10/h3-7H,1-2H3,(H2,12,15). The van der Waals surface area contributed by atoms with E-state index in [4.69, 9.17) is 5.73 Å². The van der Waals surface area contributed by atoms with Crippen molar-refractivity contribution in [2.45, 2.75) is 19.8 Å². The van der Waals surface area contributed by atoms with E-state index in [0.29, 0.717) is 11.6 Å². The molecule has 2 aromatic heterocycles. The van der Waals surface area contributed by atoms with Crippen LogP contribution >= 0.6 is 0 Å². The molecule has 0 unspecified atom stereocenters. The summed E-state index contributed by atoms with van der Waals surface area (Å²) in [7, 11) is 0. The third kappa shape index (κ3) is 1.48. The zero-order valence-corrected chi connectivity index (χ0v) is 8.77. The second-order valence-electron chi connectivity index (χ2n) is 3.82. The predicted molar refractivity (Wildman–Crippen MR) is 57.8 cm³/mol. The number of fused-ring (bicyclic) bond motifs is 1. The number of amides is 1. The Kier molecular flexibility index (Phi) is 2.19. The molecule has 0 saturated heterocycles. The van der Waals surface area contributed by atoms with Crippen molar-refractivity contribution in [2.24, 2.45) is 5.73 Å². The summed E-state index contributed by atoms with van der Waals surface area (Å²) in [5.74, 6) is -0.105. The summed E-state index contributed by atoms with van der Waals surface area (Å²) < 4.78 is 1.73. The molecule has 15 heavy (non-hydrogen) atoms. The first-order valence-corrected chi connectivity index (χ1v) is 4.87. The van der Waals surface area contributed by atoms with Crippen molar-refractivity contribution in [1.29, 1.82) is 0 Å². The molecule has 2 heterocycles. The van der Waals surface area contributed by atoms with Gasteiger partial charge in [0.1, 0.15) is 12.0 Å². The van der Waals surface area contributed by atoms with Gasteiger partial charge in [-0.3, -0.25) is 9.20 Å². The lowest BCUT2D eigenvalue weighted by molar-refractivity contribution is 0.0994. The SMILES string of the molecule is CC(C)c1ncn2c(C(N)=O)cccc12. The minimum atomic E-state index is -0.437. The van der Waals surface area contributed by atoms with Crippen LogP contribution in [0.3, 0.4) is 0 Å². The van der Waals surface area contributed by atoms with Crippen LogP contribution in [0.1, 0.15) is 35.9 Å². The Bertz CT molecular complexity index is 514. The van der Waals surface area contributed by atoms with Gasteiger partial charge in [-0.2, -0.15) is 0 Å². The van der Waals surface area contributed by atoms with Crippen molar-refractivity contribution in [3.8, 4) is 0 Å². The summed E-state index contributed by atoms with van der Waals surface area (Å²) in [5.41, 5.74) is 7.67. The lowest BCUT2D eigenvalue weighted by atomic mass is 10.1. The largest absolute Gasteiger partial charge is 0.364 e. The van der Waals surface area contributed by atoms with Crippen molar-refractivity contribution in [3.05, 3.63) is 35.9 Å². The summed E-state index contributed by atoms with van der Waals surface area (Å²) in [6.07, 6.45) is 1.64. The first-order chi connectivity index (χ1) is 7.11. The molecule has 0 atom stereocenters. The highest BCUT2D eigenvalue weighted by atomic mass is 16.1. The van der Waals surface area contributed by atoms with Crippen molar-refractivity contribution in [3.63, 3.8) is 0 Å². The van der Waals surface area contributed by atoms with E-state index in [2.05, 4.69) is 18.8 Å². The van der Waals surface area contributed by atoms with Crippen molar-refractivity contribution in [1.82, 2.24) is 9.38 Å². The normalized spacial score (nSPS) is 11.1. The van der Waals surface area contributed by atoms with Crippen LogP contribution < -0.4 is 5.73 Å². The Hall–Kier alpha value is -1.84. The minimum Gasteiger partial charge on any atom is -0.364 e. The molecule has 0 aliphatic heterocycles. The molecule has 0 fully saturated rings. The smallest absolute Gasteiger partial charge is 0.265 e. The number of nitrogens with zero attached hydrogens (tertiary/aromatic N) is 2. The van der Waals surface area contributed by atoms with E-state index in [-0.39, 0.29) is 0 Å². The molecular formula is C11H13N3O. The average Bonchev–Trinajstić information content (AvgIpc) is 2.59. The van der Waals surface area contributed by atoms with E-state index in [1.165, 1.54) is 0 Å². The Morgan fingerprint density at radius 3 is 2.80 bits per heavy atom. The number of primary amides is 1. The van der Waals surface area contributed by atoms with Crippen LogP contribution in [0.5, 0.6) is 0 Å². The van der Waals surface area contributed by atoms with Gasteiger partial charge < -0.3 is 5.73 Å². The van der Waals surface area contributed by atoms with E-state index < -0.39 is 5.91 Å². The monoisotopic (exact) mass is 203 g/mol. The maximum atomic E-state index is 11.2. The molecule has 1 amide bonds. The quantitative estimate of drug-likeness (QED) is 0.805. The summed E-state index contributed by atoms with van der Waals surface area (Å²) >= 11 is 0. The molecule has 0 radical (unpaired) electrons. The van der Waals surface area contributed by atoms with Crippen LogP contribution in [0, 0.1) is 0 Å². The Morgan fingerprint density at radius 2 is 2.20 bits per heavy atom. The number of rotatable bonds is 2. The van der Waals surface area contributed by atoms with E-state index in [1.807, 2.05) is 12.1 Å². The van der Waals surface area contributed by atoms with Gasteiger partial charge in [0, 0.05) is 0 Å². The first-order valence-electron chi connectivity index (χ1n) is 4.87. The fourth-order valence-corrected chi connectivity index (χ4v) is 1.69. The lowest BCUT2D eigenvalue weighted by Gasteiger charge is -2.03. The van der Waals surface area contributed by atoms with Gasteiger partial charge in [0.15, 0.2) is 0 Å². The molecule has 0 spiro atoms. The second-order valence-corrected chi connectivity index (χ2v) is 3.82. The molecule has 0 saturated carbocycles. The van der Waals surface area contributed by atoms with Gasteiger partial charge in [0.25, 0.3) is 5.91 Å². The molecule has 0 aliphatic carbocycles. The molecule has 2 rings (SSSR count). The van der Waals surface area contributed by atoms with Crippen LogP contribution in [-0.4, -0.2) is 15.3 Å². The number of carbonyl (C=O) groups excluding carboxylic acids is 1. The number of hydrogen-bond donors (Lipinski definition) is 1. The maximum Gasteiger partial charge on any atom is 0.265 e. The Labute approximate surface area is 87.7 Å². The fraction of sp³-hybridized carbons (Fsp3) is 0.273. The van der Waals surface area contributed by atoms with Crippen molar-refractivity contribution < 1.29 is 4.79 Å². The minimum absolute atomic E-state index is 0.332. The van der Waals surface area contributed by atoms with Gasteiger partial charge in [-0.05, 0) is 18.1 Å². The molecule has 0 aromatic carbocycles. The van der Waals surface area contributed by atoms with Crippen molar-refractivity contribution in [2.75, 3.05) is 0 Å². The van der Waals surface area contributed by atoms with E-state index >= 15 is 0 Å². The van der Waals surface area contributed by atoms with Gasteiger partial charge in [-0.1, -0.05) is 19.9 Å². The maximum absolute atomic E-state index is 11.2. The van der Waals surface area contributed by atoms with Crippen LogP contribution in [0.4, 0.5) is 0 Å². The fourth-order valence-electron chi connectivity index (χ4n) is 1.69. The van der Waals surface area contributed by atoms with Crippen LogP contribution in [0.15, 0.2) is 24.5 Å². The third-order valence-corrected chi connectivity index (χ3v) is 2.40. The summed E-state index contributed by atoms with van der Waals surface area (Å²) in [6, 6.07) is 5.46. The molecule has 4 heteroatoms. The predicted octanol–water partition coefficient (Wildman–Crippen LogP) is 1.56. The van der Waals surface area contributed by atoms with E-state index in [1.54, 1.807) is 16.8 Å². The number of hydrogen-bond acceptors (Lipinski definition) is 2. The molecular weight excluding hydrogens is 190 g/mol. The molecule has 0 bridgehead atoms. The van der Waals surface area contributed by atoms with E-state index in [9.17, 15) is 4.79 Å². The molecule has 0 aliphatic rings. The number of imidazole rings is 1. The van der Waals surface area contributed by atoms with Gasteiger partial charge >= 0.3 is 0 Å². The van der Waals surface area contributed by atoms with Crippen molar-refractivity contribution >= 4 is 11.4 Å². The van der Waals surface area contributed by atoms with Gasteiger partial charge in [0.05, 0.1) is 11.2 Å². The van der Waals surface area contributed by atoms with E-state index in [0.717, 1.165) is 11.2 Å². The zero-order chi connectivity index (χ0) is 11.0. The zero-order valence-electron chi connectivity index (χ0n) is 8.77. The number of aromatic nitrogens is 2. The molecule has 4 nitrogen and oxygen atoms in total. The third-order valence-electron chi connectivity index (χ3n) is 2.40. The number of nitrogens with two attached hydrogens (primary N) is 1. The summed E-state index contributed by atoms with van der Waals surface area (Å²) in [5, 5.41) is 0.